The van der Waals surface area contributed by atoms with Crippen molar-refractivity contribution >= 4 is 17.5 Å². The lowest BCUT2D eigenvalue weighted by Gasteiger charge is -2.09. The van der Waals surface area contributed by atoms with E-state index in [4.69, 9.17) is 16.3 Å². The SMILES string of the molecule is COc1cccc(-c2cnc(C(C)NC(=O)CCl)[nH]2)c1. The van der Waals surface area contributed by atoms with Crippen LogP contribution in [0.2, 0.25) is 0 Å². The van der Waals surface area contributed by atoms with Crippen molar-refractivity contribution in [3.05, 3.63) is 36.3 Å². The summed E-state index contributed by atoms with van der Waals surface area (Å²) < 4.78 is 5.19. The number of benzene rings is 1. The van der Waals surface area contributed by atoms with Crippen molar-refractivity contribution in [1.82, 2.24) is 15.3 Å². The van der Waals surface area contributed by atoms with Crippen LogP contribution in [-0.2, 0) is 4.79 Å². The molecule has 1 heterocycles. The Labute approximate surface area is 122 Å². The Hall–Kier alpha value is -2.01. The first-order valence-electron chi connectivity index (χ1n) is 6.18. The fourth-order valence-electron chi connectivity index (χ4n) is 1.84. The molecule has 1 aromatic carbocycles. The molecule has 1 aromatic heterocycles. The van der Waals surface area contributed by atoms with E-state index < -0.39 is 0 Å². The van der Waals surface area contributed by atoms with Crippen molar-refractivity contribution in [1.29, 1.82) is 0 Å². The van der Waals surface area contributed by atoms with Crippen molar-refractivity contribution in [2.45, 2.75) is 13.0 Å². The molecule has 0 spiro atoms. The van der Waals surface area contributed by atoms with E-state index in [1.54, 1.807) is 13.3 Å². The molecule has 1 atom stereocenters. The standard InChI is InChI=1S/C14H16ClN3O2/c1-9(17-13(19)7-15)14-16-8-12(18-14)10-4-3-5-11(6-10)20-2/h3-6,8-9H,7H2,1-2H3,(H,16,18)(H,17,19). The van der Waals surface area contributed by atoms with Crippen LogP contribution in [0.5, 0.6) is 5.75 Å². The summed E-state index contributed by atoms with van der Waals surface area (Å²) in [5, 5.41) is 2.74. The highest BCUT2D eigenvalue weighted by molar-refractivity contribution is 6.27. The fourth-order valence-corrected chi connectivity index (χ4v) is 1.92. The molecule has 2 rings (SSSR count). The van der Waals surface area contributed by atoms with E-state index in [0.29, 0.717) is 5.82 Å². The van der Waals surface area contributed by atoms with Crippen LogP contribution in [0, 0.1) is 0 Å². The zero-order valence-electron chi connectivity index (χ0n) is 11.3. The number of methoxy groups -OCH3 is 1. The first kappa shape index (κ1) is 14.4. The molecule has 0 bridgehead atoms. The molecule has 2 N–H and O–H groups in total. The smallest absolute Gasteiger partial charge is 0.235 e. The zero-order valence-corrected chi connectivity index (χ0v) is 12.1. The lowest BCUT2D eigenvalue weighted by Crippen LogP contribution is -2.28. The molecule has 0 aliphatic rings. The second-order valence-corrected chi connectivity index (χ2v) is 4.60. The van der Waals surface area contributed by atoms with Crippen molar-refractivity contribution in [3.8, 4) is 17.0 Å². The molecular weight excluding hydrogens is 278 g/mol. The number of imidazole rings is 1. The van der Waals surface area contributed by atoms with E-state index in [1.165, 1.54) is 0 Å². The molecule has 0 saturated carbocycles. The summed E-state index contributed by atoms with van der Waals surface area (Å²) in [6.07, 6.45) is 1.73. The predicted molar refractivity (Wildman–Crippen MR) is 77.9 cm³/mol. The van der Waals surface area contributed by atoms with E-state index in [2.05, 4.69) is 15.3 Å². The predicted octanol–water partition coefficient (Wildman–Crippen LogP) is 2.50. The third-order valence-corrected chi connectivity index (χ3v) is 3.13. The van der Waals surface area contributed by atoms with E-state index in [-0.39, 0.29) is 17.8 Å². The first-order chi connectivity index (χ1) is 9.63. The molecule has 0 fully saturated rings. The minimum Gasteiger partial charge on any atom is -0.497 e. The maximum absolute atomic E-state index is 11.3. The lowest BCUT2D eigenvalue weighted by molar-refractivity contribution is -0.119. The third-order valence-electron chi connectivity index (χ3n) is 2.89. The largest absolute Gasteiger partial charge is 0.497 e. The van der Waals surface area contributed by atoms with Gasteiger partial charge in [-0.3, -0.25) is 4.79 Å². The molecule has 0 aliphatic heterocycles. The minimum atomic E-state index is -0.224. The summed E-state index contributed by atoms with van der Waals surface area (Å²) in [5.74, 6) is 1.18. The molecule has 5 nitrogen and oxygen atoms in total. The van der Waals surface area contributed by atoms with Gasteiger partial charge in [-0.15, -0.1) is 11.6 Å². The summed E-state index contributed by atoms with van der Waals surface area (Å²) in [4.78, 5) is 18.7. The van der Waals surface area contributed by atoms with E-state index in [1.807, 2.05) is 31.2 Å². The van der Waals surface area contributed by atoms with Gasteiger partial charge >= 0.3 is 0 Å². The quantitative estimate of drug-likeness (QED) is 0.832. The number of alkyl halides is 1. The van der Waals surface area contributed by atoms with Gasteiger partial charge in [-0.05, 0) is 19.1 Å². The number of halogens is 1. The molecular formula is C14H16ClN3O2. The van der Waals surface area contributed by atoms with Gasteiger partial charge in [-0.25, -0.2) is 4.98 Å². The van der Waals surface area contributed by atoms with Gasteiger partial charge in [0, 0.05) is 5.56 Å². The second kappa shape index (κ2) is 6.43. The first-order valence-corrected chi connectivity index (χ1v) is 6.72. The molecule has 2 aromatic rings. The molecule has 0 aliphatic carbocycles. The second-order valence-electron chi connectivity index (χ2n) is 4.34. The van der Waals surface area contributed by atoms with Crippen LogP contribution in [0.4, 0.5) is 0 Å². The number of amides is 1. The van der Waals surface area contributed by atoms with Gasteiger partial charge < -0.3 is 15.0 Å². The highest BCUT2D eigenvalue weighted by atomic mass is 35.5. The van der Waals surface area contributed by atoms with Gasteiger partial charge in [0.1, 0.15) is 17.5 Å². The highest BCUT2D eigenvalue weighted by Crippen LogP contribution is 2.23. The average Bonchev–Trinajstić information content (AvgIpc) is 2.97. The van der Waals surface area contributed by atoms with Crippen LogP contribution < -0.4 is 10.1 Å². The fraction of sp³-hybridized carbons (Fsp3) is 0.286. The summed E-state index contributed by atoms with van der Waals surface area (Å²) in [6.45, 7) is 1.85. The van der Waals surface area contributed by atoms with Crippen LogP contribution in [-0.4, -0.2) is 28.9 Å². The number of carbonyl (C=O) groups excluding carboxylic acids is 1. The Morgan fingerprint density at radius 3 is 3.05 bits per heavy atom. The molecule has 6 heteroatoms. The van der Waals surface area contributed by atoms with Gasteiger partial charge in [0.25, 0.3) is 0 Å². The third kappa shape index (κ3) is 3.30. The van der Waals surface area contributed by atoms with Gasteiger partial charge in [-0.2, -0.15) is 0 Å². The molecule has 20 heavy (non-hydrogen) atoms. The van der Waals surface area contributed by atoms with Crippen molar-refractivity contribution in [2.75, 3.05) is 13.0 Å². The molecule has 1 amide bonds. The summed E-state index contributed by atoms with van der Waals surface area (Å²) in [5.41, 5.74) is 1.84. The Morgan fingerprint density at radius 2 is 2.35 bits per heavy atom. The number of aromatic amines is 1. The monoisotopic (exact) mass is 293 g/mol. The number of aromatic nitrogens is 2. The van der Waals surface area contributed by atoms with Crippen LogP contribution >= 0.6 is 11.6 Å². The maximum Gasteiger partial charge on any atom is 0.235 e. The Kier molecular flexibility index (Phi) is 4.63. The van der Waals surface area contributed by atoms with Crippen molar-refractivity contribution < 1.29 is 9.53 Å². The van der Waals surface area contributed by atoms with Crippen molar-refractivity contribution in [3.63, 3.8) is 0 Å². The Morgan fingerprint density at radius 1 is 1.55 bits per heavy atom. The van der Waals surface area contributed by atoms with Gasteiger partial charge in [0.15, 0.2) is 0 Å². The number of hydrogen-bond donors (Lipinski definition) is 2. The summed E-state index contributed by atoms with van der Waals surface area (Å²) in [7, 11) is 1.63. The van der Waals surface area contributed by atoms with E-state index >= 15 is 0 Å². The Bertz CT molecular complexity index is 598. The molecule has 0 radical (unpaired) electrons. The Balaban J connectivity index is 2.17. The van der Waals surface area contributed by atoms with Gasteiger partial charge in [-0.1, -0.05) is 12.1 Å². The number of nitrogens with zero attached hydrogens (tertiary/aromatic N) is 1. The number of nitrogens with one attached hydrogen (secondary N) is 2. The zero-order chi connectivity index (χ0) is 14.5. The molecule has 0 saturated heterocycles. The number of carbonyl (C=O) groups is 1. The lowest BCUT2D eigenvalue weighted by atomic mass is 10.1. The van der Waals surface area contributed by atoms with Gasteiger partial charge in [0.2, 0.25) is 5.91 Å². The normalized spacial score (nSPS) is 11.9. The van der Waals surface area contributed by atoms with Crippen LogP contribution in [0.15, 0.2) is 30.5 Å². The van der Waals surface area contributed by atoms with Crippen LogP contribution in [0.25, 0.3) is 11.3 Å². The molecule has 106 valence electrons. The molecule has 1 unspecified atom stereocenters. The maximum atomic E-state index is 11.3. The summed E-state index contributed by atoms with van der Waals surface area (Å²) >= 11 is 5.46. The number of ether oxygens (including phenoxy) is 1. The number of hydrogen-bond acceptors (Lipinski definition) is 3. The topological polar surface area (TPSA) is 67.0 Å². The van der Waals surface area contributed by atoms with E-state index in [0.717, 1.165) is 17.0 Å². The highest BCUT2D eigenvalue weighted by Gasteiger charge is 2.12. The summed E-state index contributed by atoms with van der Waals surface area (Å²) in [6, 6.07) is 7.44. The number of rotatable bonds is 5. The van der Waals surface area contributed by atoms with E-state index in [9.17, 15) is 4.79 Å². The van der Waals surface area contributed by atoms with Crippen LogP contribution in [0.3, 0.4) is 0 Å². The van der Waals surface area contributed by atoms with Crippen LogP contribution in [0.1, 0.15) is 18.8 Å². The average molecular weight is 294 g/mol. The van der Waals surface area contributed by atoms with Crippen molar-refractivity contribution in [2.24, 2.45) is 0 Å². The minimum absolute atomic E-state index is 0.0617. The van der Waals surface area contributed by atoms with Gasteiger partial charge in [0.05, 0.1) is 25.0 Å². The number of H-pyrrole nitrogens is 1.